The molecule has 3 aromatic rings. The highest BCUT2D eigenvalue weighted by atomic mass is 32.1. The standard InChI is InChI=1S/C19H21N3O3S/c1-13(23)24-14-5-7-16-17(11-14)25-18(21-16)8-6-15-12-20-19(26-15)22-9-3-2-4-10-22/h5-8,11-13,23H,2-4,9-10H2,1H3. The fraction of sp³-hybridized carbons (Fsp3) is 0.368. The molecule has 0 bridgehead atoms. The number of hydrogen-bond acceptors (Lipinski definition) is 7. The van der Waals surface area contributed by atoms with E-state index in [1.165, 1.54) is 19.3 Å². The quantitative estimate of drug-likeness (QED) is 0.679. The molecule has 1 fully saturated rings. The van der Waals surface area contributed by atoms with Gasteiger partial charge in [-0.1, -0.05) is 11.3 Å². The maximum absolute atomic E-state index is 9.30. The second kappa shape index (κ2) is 7.47. The molecule has 0 amide bonds. The van der Waals surface area contributed by atoms with Gasteiger partial charge in [0.1, 0.15) is 11.3 Å². The zero-order valence-corrected chi connectivity index (χ0v) is 15.4. The van der Waals surface area contributed by atoms with E-state index in [0.29, 0.717) is 17.2 Å². The molecule has 1 saturated heterocycles. The summed E-state index contributed by atoms with van der Waals surface area (Å²) in [4.78, 5) is 12.4. The van der Waals surface area contributed by atoms with E-state index in [1.807, 2.05) is 24.4 Å². The lowest BCUT2D eigenvalue weighted by atomic mass is 10.1. The predicted octanol–water partition coefficient (Wildman–Crippen LogP) is 4.16. The van der Waals surface area contributed by atoms with Gasteiger partial charge in [-0.3, -0.25) is 0 Å². The molecule has 4 rings (SSSR count). The third-order valence-electron chi connectivity index (χ3n) is 4.21. The highest BCUT2D eigenvalue weighted by Crippen LogP contribution is 2.27. The van der Waals surface area contributed by atoms with Crippen LogP contribution in [0.3, 0.4) is 0 Å². The van der Waals surface area contributed by atoms with E-state index in [4.69, 9.17) is 9.15 Å². The van der Waals surface area contributed by atoms with Gasteiger partial charge in [-0.25, -0.2) is 9.97 Å². The number of rotatable bonds is 5. The molecule has 1 aliphatic rings. The summed E-state index contributed by atoms with van der Waals surface area (Å²) in [7, 11) is 0. The average Bonchev–Trinajstić information content (AvgIpc) is 3.26. The summed E-state index contributed by atoms with van der Waals surface area (Å²) in [6.07, 6.45) is 8.66. The largest absolute Gasteiger partial charge is 0.465 e. The molecular formula is C19H21N3O3S. The lowest BCUT2D eigenvalue weighted by molar-refractivity contribution is -0.000226. The smallest absolute Gasteiger partial charge is 0.220 e. The zero-order chi connectivity index (χ0) is 17.9. The number of benzene rings is 1. The zero-order valence-electron chi connectivity index (χ0n) is 14.6. The van der Waals surface area contributed by atoms with Gasteiger partial charge in [-0.05, 0) is 44.4 Å². The lowest BCUT2D eigenvalue weighted by Gasteiger charge is -2.25. The van der Waals surface area contributed by atoms with Crippen molar-refractivity contribution in [3.8, 4) is 5.75 Å². The summed E-state index contributed by atoms with van der Waals surface area (Å²) < 4.78 is 11.0. The molecule has 26 heavy (non-hydrogen) atoms. The van der Waals surface area contributed by atoms with Crippen molar-refractivity contribution in [1.29, 1.82) is 0 Å². The number of nitrogens with zero attached hydrogens (tertiary/aromatic N) is 3. The summed E-state index contributed by atoms with van der Waals surface area (Å²) in [5.74, 6) is 1.08. The van der Waals surface area contributed by atoms with Crippen LogP contribution >= 0.6 is 11.3 Å². The van der Waals surface area contributed by atoms with Crippen molar-refractivity contribution in [2.75, 3.05) is 18.0 Å². The van der Waals surface area contributed by atoms with Crippen LogP contribution in [0.15, 0.2) is 28.8 Å². The van der Waals surface area contributed by atoms with Crippen molar-refractivity contribution >= 4 is 39.7 Å². The van der Waals surface area contributed by atoms with Crippen LogP contribution in [-0.2, 0) is 0 Å². The number of thiazole rings is 1. The maximum Gasteiger partial charge on any atom is 0.220 e. The minimum Gasteiger partial charge on any atom is -0.465 e. The molecule has 1 unspecified atom stereocenters. The molecule has 6 nitrogen and oxygen atoms in total. The van der Waals surface area contributed by atoms with Gasteiger partial charge in [-0.2, -0.15) is 0 Å². The minimum absolute atomic E-state index is 0.530. The topological polar surface area (TPSA) is 71.6 Å². The highest BCUT2D eigenvalue weighted by molar-refractivity contribution is 7.16. The number of ether oxygens (including phenoxy) is 1. The molecule has 3 heterocycles. The van der Waals surface area contributed by atoms with Crippen molar-refractivity contribution in [2.24, 2.45) is 0 Å². The fourth-order valence-electron chi connectivity index (χ4n) is 3.00. The minimum atomic E-state index is -0.866. The molecule has 7 heteroatoms. The first-order valence-electron chi connectivity index (χ1n) is 8.81. The van der Waals surface area contributed by atoms with Gasteiger partial charge < -0.3 is 19.2 Å². The van der Waals surface area contributed by atoms with Crippen LogP contribution in [0.1, 0.15) is 37.0 Å². The van der Waals surface area contributed by atoms with Crippen molar-refractivity contribution in [3.63, 3.8) is 0 Å². The normalized spacial score (nSPS) is 16.5. The van der Waals surface area contributed by atoms with Gasteiger partial charge >= 0.3 is 0 Å². The van der Waals surface area contributed by atoms with E-state index >= 15 is 0 Å². The van der Waals surface area contributed by atoms with E-state index in [-0.39, 0.29) is 0 Å². The number of fused-ring (bicyclic) bond motifs is 1. The maximum atomic E-state index is 9.30. The Kier molecular flexibility index (Phi) is 4.90. The van der Waals surface area contributed by atoms with Crippen LogP contribution < -0.4 is 9.64 Å². The Labute approximate surface area is 155 Å². The number of piperidine rings is 1. The summed E-state index contributed by atoms with van der Waals surface area (Å²) in [6.45, 7) is 3.75. The van der Waals surface area contributed by atoms with Gasteiger partial charge in [-0.15, -0.1) is 0 Å². The van der Waals surface area contributed by atoms with E-state index in [2.05, 4.69) is 14.9 Å². The lowest BCUT2D eigenvalue weighted by Crippen LogP contribution is -2.29. The molecular weight excluding hydrogens is 350 g/mol. The average molecular weight is 371 g/mol. The Morgan fingerprint density at radius 1 is 1.27 bits per heavy atom. The molecule has 0 aliphatic carbocycles. The molecule has 0 spiro atoms. The van der Waals surface area contributed by atoms with E-state index < -0.39 is 6.29 Å². The van der Waals surface area contributed by atoms with E-state index in [0.717, 1.165) is 28.6 Å². The summed E-state index contributed by atoms with van der Waals surface area (Å²) in [6, 6.07) is 5.31. The Balaban J connectivity index is 1.48. The van der Waals surface area contributed by atoms with Crippen LogP contribution in [0.25, 0.3) is 23.3 Å². The second-order valence-electron chi connectivity index (χ2n) is 6.33. The van der Waals surface area contributed by atoms with Crippen LogP contribution in [-0.4, -0.2) is 34.5 Å². The van der Waals surface area contributed by atoms with Gasteiger partial charge in [0.15, 0.2) is 17.0 Å². The predicted molar refractivity (Wildman–Crippen MR) is 103 cm³/mol. The van der Waals surface area contributed by atoms with E-state index in [1.54, 1.807) is 30.4 Å². The fourth-order valence-corrected chi connectivity index (χ4v) is 3.87. The van der Waals surface area contributed by atoms with Gasteiger partial charge in [0.25, 0.3) is 0 Å². The molecule has 0 saturated carbocycles. The van der Waals surface area contributed by atoms with Crippen LogP contribution in [0.4, 0.5) is 5.13 Å². The van der Waals surface area contributed by atoms with Crippen molar-refractivity contribution in [1.82, 2.24) is 9.97 Å². The van der Waals surface area contributed by atoms with Crippen molar-refractivity contribution in [3.05, 3.63) is 35.2 Å². The Bertz CT molecular complexity index is 910. The number of aromatic nitrogens is 2. The summed E-state index contributed by atoms with van der Waals surface area (Å²) in [5.41, 5.74) is 1.38. The summed E-state index contributed by atoms with van der Waals surface area (Å²) in [5, 5.41) is 10.4. The Hall–Kier alpha value is -2.38. The third-order valence-corrected chi connectivity index (χ3v) is 5.23. The first-order chi connectivity index (χ1) is 12.7. The molecule has 0 radical (unpaired) electrons. The number of aliphatic hydroxyl groups excluding tert-OH is 1. The molecule has 1 N–H and O–H groups in total. The first kappa shape index (κ1) is 17.1. The highest BCUT2D eigenvalue weighted by Gasteiger charge is 2.13. The SMILES string of the molecule is CC(O)Oc1ccc2nc(C=Cc3cnc(N4CCCCC4)s3)oc2c1. The third kappa shape index (κ3) is 3.89. The second-order valence-corrected chi connectivity index (χ2v) is 7.37. The summed E-state index contributed by atoms with van der Waals surface area (Å²) >= 11 is 1.69. The first-order valence-corrected chi connectivity index (χ1v) is 9.63. The number of aliphatic hydroxyl groups is 1. The van der Waals surface area contributed by atoms with Crippen LogP contribution in [0.5, 0.6) is 5.75 Å². The number of hydrogen-bond donors (Lipinski definition) is 1. The molecule has 1 aliphatic heterocycles. The molecule has 136 valence electrons. The van der Waals surface area contributed by atoms with Gasteiger partial charge in [0.05, 0.1) is 0 Å². The Morgan fingerprint density at radius 3 is 2.92 bits per heavy atom. The van der Waals surface area contributed by atoms with Gasteiger partial charge in [0, 0.05) is 36.3 Å². The van der Waals surface area contributed by atoms with Gasteiger partial charge in [0.2, 0.25) is 5.89 Å². The van der Waals surface area contributed by atoms with Crippen molar-refractivity contribution in [2.45, 2.75) is 32.5 Å². The Morgan fingerprint density at radius 2 is 2.12 bits per heavy atom. The molecule has 1 atom stereocenters. The monoisotopic (exact) mass is 371 g/mol. The molecule has 2 aromatic heterocycles. The molecule has 1 aromatic carbocycles. The number of anilines is 1. The van der Waals surface area contributed by atoms with E-state index in [9.17, 15) is 5.11 Å². The van der Waals surface area contributed by atoms with Crippen LogP contribution in [0.2, 0.25) is 0 Å². The van der Waals surface area contributed by atoms with Crippen molar-refractivity contribution < 1.29 is 14.3 Å². The number of oxazole rings is 1. The van der Waals surface area contributed by atoms with Crippen LogP contribution in [0, 0.1) is 0 Å².